The molecular formula is C26H28FN5O3. The molecule has 1 aliphatic heterocycles. The van der Waals surface area contributed by atoms with Crippen LogP contribution in [0.1, 0.15) is 22.3 Å². The molecule has 2 aromatic carbocycles. The van der Waals surface area contributed by atoms with Gasteiger partial charge in [-0.2, -0.15) is 0 Å². The number of hydrogen-bond donors (Lipinski definition) is 2. The van der Waals surface area contributed by atoms with Gasteiger partial charge >= 0.3 is 6.03 Å². The van der Waals surface area contributed by atoms with Crippen LogP contribution in [0.25, 0.3) is 0 Å². The number of nitrogens with one attached hydrogen (secondary N) is 2. The Hall–Kier alpha value is -4.14. The second-order valence-corrected chi connectivity index (χ2v) is 8.28. The number of halogens is 1. The maximum absolute atomic E-state index is 13.7. The molecule has 2 N–H and O–H groups in total. The Morgan fingerprint density at radius 3 is 2.49 bits per heavy atom. The summed E-state index contributed by atoms with van der Waals surface area (Å²) in [5.74, 6) is 0.911. The predicted octanol–water partition coefficient (Wildman–Crippen LogP) is 4.53. The van der Waals surface area contributed by atoms with Gasteiger partial charge in [-0.3, -0.25) is 4.79 Å². The molecule has 4 rings (SSSR count). The summed E-state index contributed by atoms with van der Waals surface area (Å²) in [4.78, 5) is 33.7. The Labute approximate surface area is 203 Å². The van der Waals surface area contributed by atoms with Crippen molar-refractivity contribution in [2.45, 2.75) is 13.3 Å². The van der Waals surface area contributed by atoms with Crippen LogP contribution < -0.4 is 20.3 Å². The van der Waals surface area contributed by atoms with Crippen molar-refractivity contribution < 1.29 is 18.7 Å². The number of pyridine rings is 1. The van der Waals surface area contributed by atoms with Crippen LogP contribution in [0.15, 0.2) is 60.8 Å². The standard InChI is InChI=1S/C26H28FN5O3/c1-18-8-9-19(16-22(18)27)29-26(34)30-20-10-11-24(28-17-20)31-12-5-13-32(15-14-31)25(33)21-6-3-4-7-23(21)35-2/h3-4,6-11,16-17H,5,12-15H2,1-2H3,(H2,29,30,34). The first kappa shape index (κ1) is 24.0. The Bertz CT molecular complexity index is 1200. The summed E-state index contributed by atoms with van der Waals surface area (Å²) < 4.78 is 19.0. The van der Waals surface area contributed by atoms with Crippen LogP contribution in [-0.4, -0.2) is 55.1 Å². The van der Waals surface area contributed by atoms with Crippen molar-refractivity contribution in [1.82, 2.24) is 9.88 Å². The first-order chi connectivity index (χ1) is 16.9. The van der Waals surface area contributed by atoms with Crippen LogP contribution in [-0.2, 0) is 0 Å². The van der Waals surface area contributed by atoms with Gasteiger partial charge in [0, 0.05) is 31.9 Å². The predicted molar refractivity (Wildman–Crippen MR) is 134 cm³/mol. The number of anilines is 3. The largest absolute Gasteiger partial charge is 0.496 e. The molecule has 9 heteroatoms. The van der Waals surface area contributed by atoms with Crippen molar-refractivity contribution in [2.75, 3.05) is 48.8 Å². The molecule has 0 unspecified atom stereocenters. The monoisotopic (exact) mass is 477 g/mol. The van der Waals surface area contributed by atoms with E-state index in [1.807, 2.05) is 23.1 Å². The number of aromatic nitrogens is 1. The van der Waals surface area contributed by atoms with Crippen LogP contribution in [0.3, 0.4) is 0 Å². The third-order valence-corrected chi connectivity index (χ3v) is 5.88. The Kier molecular flexibility index (Phi) is 7.45. The number of nitrogens with zero attached hydrogens (tertiary/aromatic N) is 3. The highest BCUT2D eigenvalue weighted by atomic mass is 19.1. The Morgan fingerprint density at radius 2 is 1.74 bits per heavy atom. The molecule has 3 aromatic rings. The first-order valence-corrected chi connectivity index (χ1v) is 11.4. The van der Waals surface area contributed by atoms with Gasteiger partial charge in [-0.1, -0.05) is 18.2 Å². The highest BCUT2D eigenvalue weighted by molar-refractivity contribution is 5.99. The summed E-state index contributed by atoms with van der Waals surface area (Å²) in [5.41, 5.74) is 1.95. The summed E-state index contributed by atoms with van der Waals surface area (Å²) in [6.45, 7) is 4.27. The van der Waals surface area contributed by atoms with Crippen molar-refractivity contribution in [3.05, 3.63) is 77.7 Å². The molecule has 0 bridgehead atoms. The molecule has 182 valence electrons. The normalized spacial score (nSPS) is 13.7. The van der Waals surface area contributed by atoms with Crippen LogP contribution in [0, 0.1) is 12.7 Å². The van der Waals surface area contributed by atoms with Crippen LogP contribution >= 0.6 is 0 Å². The van der Waals surface area contributed by atoms with E-state index >= 15 is 0 Å². The van der Waals surface area contributed by atoms with E-state index in [2.05, 4.69) is 20.5 Å². The van der Waals surface area contributed by atoms with Gasteiger partial charge in [0.15, 0.2) is 0 Å². The van der Waals surface area contributed by atoms with Gasteiger partial charge < -0.3 is 25.2 Å². The third kappa shape index (κ3) is 5.87. The molecule has 3 amide bonds. The molecule has 0 spiro atoms. The van der Waals surface area contributed by atoms with Gasteiger partial charge in [-0.15, -0.1) is 0 Å². The maximum Gasteiger partial charge on any atom is 0.323 e. The lowest BCUT2D eigenvalue weighted by atomic mass is 10.1. The highest BCUT2D eigenvalue weighted by Crippen LogP contribution is 2.22. The molecule has 1 fully saturated rings. The molecule has 2 heterocycles. The zero-order chi connectivity index (χ0) is 24.8. The number of para-hydroxylation sites is 1. The third-order valence-electron chi connectivity index (χ3n) is 5.88. The smallest absolute Gasteiger partial charge is 0.323 e. The number of methoxy groups -OCH3 is 1. The molecule has 1 aliphatic rings. The van der Waals surface area contributed by atoms with Gasteiger partial charge in [0.2, 0.25) is 0 Å². The summed E-state index contributed by atoms with van der Waals surface area (Å²) in [7, 11) is 1.56. The number of carbonyl (C=O) groups excluding carboxylic acids is 2. The summed E-state index contributed by atoms with van der Waals surface area (Å²) in [5, 5.41) is 5.31. The van der Waals surface area contributed by atoms with Crippen molar-refractivity contribution in [3.8, 4) is 5.75 Å². The first-order valence-electron chi connectivity index (χ1n) is 11.4. The summed E-state index contributed by atoms with van der Waals surface area (Å²) in [6.07, 6.45) is 2.38. The van der Waals surface area contributed by atoms with Gasteiger partial charge in [-0.05, 0) is 55.3 Å². The minimum absolute atomic E-state index is 0.0451. The molecule has 8 nitrogen and oxygen atoms in total. The number of ether oxygens (including phenoxy) is 1. The number of aryl methyl sites for hydroxylation is 1. The van der Waals surface area contributed by atoms with Gasteiger partial charge in [0.1, 0.15) is 17.4 Å². The van der Waals surface area contributed by atoms with Crippen molar-refractivity contribution in [1.29, 1.82) is 0 Å². The lowest BCUT2D eigenvalue weighted by Crippen LogP contribution is -2.35. The fourth-order valence-corrected chi connectivity index (χ4v) is 3.95. The van der Waals surface area contributed by atoms with E-state index in [4.69, 9.17) is 4.74 Å². The topological polar surface area (TPSA) is 86.8 Å². The lowest BCUT2D eigenvalue weighted by molar-refractivity contribution is 0.0763. The molecule has 0 radical (unpaired) electrons. The number of amides is 3. The average Bonchev–Trinajstić information content (AvgIpc) is 3.13. The van der Waals surface area contributed by atoms with Gasteiger partial charge in [0.25, 0.3) is 5.91 Å². The molecule has 0 aliphatic carbocycles. The van der Waals surface area contributed by atoms with E-state index in [0.717, 1.165) is 18.8 Å². The number of hydrogen-bond acceptors (Lipinski definition) is 5. The average molecular weight is 478 g/mol. The quantitative estimate of drug-likeness (QED) is 0.564. The molecule has 0 atom stereocenters. The van der Waals surface area contributed by atoms with E-state index in [1.54, 1.807) is 50.6 Å². The molecule has 1 saturated heterocycles. The van der Waals surface area contributed by atoms with Crippen molar-refractivity contribution in [3.63, 3.8) is 0 Å². The second-order valence-electron chi connectivity index (χ2n) is 8.28. The zero-order valence-electron chi connectivity index (χ0n) is 19.8. The fourth-order valence-electron chi connectivity index (χ4n) is 3.95. The van der Waals surface area contributed by atoms with Crippen LogP contribution in [0.4, 0.5) is 26.4 Å². The number of rotatable bonds is 5. The van der Waals surface area contributed by atoms with Crippen LogP contribution in [0.2, 0.25) is 0 Å². The van der Waals surface area contributed by atoms with E-state index < -0.39 is 6.03 Å². The number of benzene rings is 2. The maximum atomic E-state index is 13.7. The highest BCUT2D eigenvalue weighted by Gasteiger charge is 2.23. The van der Waals surface area contributed by atoms with Crippen molar-refractivity contribution in [2.24, 2.45) is 0 Å². The zero-order valence-corrected chi connectivity index (χ0v) is 19.8. The second kappa shape index (κ2) is 10.9. The molecular weight excluding hydrogens is 449 g/mol. The Morgan fingerprint density at radius 1 is 0.971 bits per heavy atom. The van der Waals surface area contributed by atoms with Crippen LogP contribution in [0.5, 0.6) is 5.75 Å². The fraction of sp³-hybridized carbons (Fsp3) is 0.269. The summed E-state index contributed by atoms with van der Waals surface area (Å²) >= 11 is 0. The lowest BCUT2D eigenvalue weighted by Gasteiger charge is -2.23. The van der Waals surface area contributed by atoms with E-state index in [9.17, 15) is 14.0 Å². The van der Waals surface area contributed by atoms with E-state index in [0.29, 0.717) is 47.9 Å². The minimum Gasteiger partial charge on any atom is -0.496 e. The van der Waals surface area contributed by atoms with E-state index in [-0.39, 0.29) is 11.7 Å². The van der Waals surface area contributed by atoms with Gasteiger partial charge in [0.05, 0.1) is 24.6 Å². The molecule has 0 saturated carbocycles. The molecule has 35 heavy (non-hydrogen) atoms. The Balaban J connectivity index is 1.34. The van der Waals surface area contributed by atoms with E-state index in [1.165, 1.54) is 6.07 Å². The van der Waals surface area contributed by atoms with Gasteiger partial charge in [-0.25, -0.2) is 14.2 Å². The molecule has 1 aromatic heterocycles. The van der Waals surface area contributed by atoms with Crippen molar-refractivity contribution >= 4 is 29.1 Å². The minimum atomic E-state index is -0.483. The SMILES string of the molecule is COc1ccccc1C(=O)N1CCCN(c2ccc(NC(=O)Nc3ccc(C)c(F)c3)cn2)CC1. The number of carbonyl (C=O) groups is 2. The summed E-state index contributed by atoms with van der Waals surface area (Å²) in [6, 6.07) is 14.9. The number of urea groups is 1.